The van der Waals surface area contributed by atoms with Crippen molar-refractivity contribution in [2.24, 2.45) is 5.92 Å². The molecule has 1 aromatic carbocycles. The van der Waals surface area contributed by atoms with Crippen LogP contribution in [0.1, 0.15) is 24.3 Å². The van der Waals surface area contributed by atoms with Gasteiger partial charge in [0.25, 0.3) is 0 Å². The Balaban J connectivity index is 1.93. The quantitative estimate of drug-likeness (QED) is 0.827. The predicted octanol–water partition coefficient (Wildman–Crippen LogP) is 2.96. The molecule has 2 aliphatic rings. The van der Waals surface area contributed by atoms with Crippen LogP contribution in [0.4, 0.5) is 5.69 Å². The molecular weight excluding hydrogens is 264 g/mol. The van der Waals surface area contributed by atoms with Gasteiger partial charge in [0.05, 0.1) is 0 Å². The first-order valence-electron chi connectivity index (χ1n) is 6.08. The molecule has 0 bridgehead atoms. The highest BCUT2D eigenvalue weighted by Gasteiger charge is 2.29. The molecule has 2 unspecified atom stereocenters. The summed E-state index contributed by atoms with van der Waals surface area (Å²) in [6.07, 6.45) is 2.61. The number of fused-ring (bicyclic) bond motifs is 1. The maximum absolute atomic E-state index is 3.54. The fourth-order valence-corrected chi connectivity index (χ4v) is 3.39. The van der Waals surface area contributed by atoms with Gasteiger partial charge < -0.3 is 10.6 Å². The normalized spacial score (nSPS) is 28.6. The molecule has 0 aliphatic carbocycles. The summed E-state index contributed by atoms with van der Waals surface area (Å²) in [4.78, 5) is 0. The second-order valence-corrected chi connectivity index (χ2v) is 5.72. The van der Waals surface area contributed by atoms with Crippen molar-refractivity contribution in [1.82, 2.24) is 5.32 Å². The van der Waals surface area contributed by atoms with E-state index in [0.717, 1.165) is 18.4 Å². The van der Waals surface area contributed by atoms with Crippen LogP contribution in [0.15, 0.2) is 22.7 Å². The standard InChI is InChI=1S/C13H17BrN2/c14-10-1-2-12-11(9-3-5-15-8-9)4-6-16-13(12)7-10/h1-2,7,9,11,15-16H,3-6,8H2. The third-order valence-corrected chi connectivity index (χ3v) is 4.35. The summed E-state index contributed by atoms with van der Waals surface area (Å²) in [6, 6.07) is 6.67. The van der Waals surface area contributed by atoms with Crippen molar-refractivity contribution in [2.75, 3.05) is 25.0 Å². The lowest BCUT2D eigenvalue weighted by atomic mass is 9.80. The number of hydrogen-bond acceptors (Lipinski definition) is 2. The van der Waals surface area contributed by atoms with Crippen molar-refractivity contribution in [1.29, 1.82) is 0 Å². The summed E-state index contributed by atoms with van der Waals surface area (Å²) in [5.74, 6) is 1.58. The first-order valence-corrected chi connectivity index (χ1v) is 6.88. The summed E-state index contributed by atoms with van der Waals surface area (Å²) in [6.45, 7) is 3.51. The summed E-state index contributed by atoms with van der Waals surface area (Å²) >= 11 is 3.54. The minimum absolute atomic E-state index is 0.749. The lowest BCUT2D eigenvalue weighted by Crippen LogP contribution is -2.24. The Kier molecular flexibility index (Phi) is 2.90. The Labute approximate surface area is 105 Å². The number of rotatable bonds is 1. The third kappa shape index (κ3) is 1.87. The Morgan fingerprint density at radius 1 is 1.19 bits per heavy atom. The number of halogens is 1. The molecule has 0 spiro atoms. The second-order valence-electron chi connectivity index (χ2n) is 4.81. The number of anilines is 1. The Morgan fingerprint density at radius 3 is 2.94 bits per heavy atom. The van der Waals surface area contributed by atoms with Crippen molar-refractivity contribution >= 4 is 21.6 Å². The summed E-state index contributed by atoms with van der Waals surface area (Å²) in [7, 11) is 0. The van der Waals surface area contributed by atoms with Crippen LogP contribution in [0.2, 0.25) is 0 Å². The molecule has 2 atom stereocenters. The molecule has 1 fully saturated rings. The van der Waals surface area contributed by atoms with Crippen LogP contribution in [-0.2, 0) is 0 Å². The van der Waals surface area contributed by atoms with E-state index in [1.54, 1.807) is 0 Å². The first-order chi connectivity index (χ1) is 7.84. The van der Waals surface area contributed by atoms with Crippen LogP contribution in [-0.4, -0.2) is 19.6 Å². The van der Waals surface area contributed by atoms with Crippen molar-refractivity contribution in [3.8, 4) is 0 Å². The van der Waals surface area contributed by atoms with E-state index < -0.39 is 0 Å². The SMILES string of the molecule is Brc1ccc2c(c1)NCCC2C1CCNC1. The number of hydrogen-bond donors (Lipinski definition) is 2. The van der Waals surface area contributed by atoms with Gasteiger partial charge in [0.2, 0.25) is 0 Å². The Morgan fingerprint density at radius 2 is 2.12 bits per heavy atom. The Bertz CT molecular complexity index is 386. The minimum Gasteiger partial charge on any atom is -0.385 e. The van der Waals surface area contributed by atoms with E-state index in [9.17, 15) is 0 Å². The highest BCUT2D eigenvalue weighted by molar-refractivity contribution is 9.10. The molecule has 2 nitrogen and oxygen atoms in total. The number of nitrogens with one attached hydrogen (secondary N) is 2. The van der Waals surface area contributed by atoms with Gasteiger partial charge in [0.15, 0.2) is 0 Å². The molecule has 2 aliphatic heterocycles. The molecule has 86 valence electrons. The van der Waals surface area contributed by atoms with Gasteiger partial charge in [-0.05, 0) is 55.5 Å². The molecular formula is C13H17BrN2. The maximum atomic E-state index is 3.54. The molecule has 0 radical (unpaired) electrons. The van der Waals surface area contributed by atoms with E-state index in [1.165, 1.54) is 41.7 Å². The van der Waals surface area contributed by atoms with Gasteiger partial charge in [0.1, 0.15) is 0 Å². The molecule has 2 heterocycles. The van der Waals surface area contributed by atoms with Crippen LogP contribution >= 0.6 is 15.9 Å². The third-order valence-electron chi connectivity index (χ3n) is 3.85. The molecule has 3 heteroatoms. The van der Waals surface area contributed by atoms with Crippen molar-refractivity contribution in [3.63, 3.8) is 0 Å². The van der Waals surface area contributed by atoms with E-state index in [0.29, 0.717) is 0 Å². The highest BCUT2D eigenvalue weighted by Crippen LogP contribution is 2.39. The smallest absolute Gasteiger partial charge is 0.0387 e. The maximum Gasteiger partial charge on any atom is 0.0387 e. The fraction of sp³-hybridized carbons (Fsp3) is 0.538. The summed E-state index contributed by atoms with van der Waals surface area (Å²) in [5.41, 5.74) is 2.85. The van der Waals surface area contributed by atoms with Gasteiger partial charge in [-0.2, -0.15) is 0 Å². The van der Waals surface area contributed by atoms with Gasteiger partial charge >= 0.3 is 0 Å². The zero-order chi connectivity index (χ0) is 11.0. The lowest BCUT2D eigenvalue weighted by molar-refractivity contribution is 0.434. The van der Waals surface area contributed by atoms with Crippen LogP contribution in [0.25, 0.3) is 0 Å². The van der Waals surface area contributed by atoms with Crippen LogP contribution in [0.5, 0.6) is 0 Å². The molecule has 2 N–H and O–H groups in total. The fourth-order valence-electron chi connectivity index (χ4n) is 3.03. The largest absolute Gasteiger partial charge is 0.385 e. The van der Waals surface area contributed by atoms with Gasteiger partial charge in [-0.3, -0.25) is 0 Å². The molecule has 0 saturated carbocycles. The average molecular weight is 281 g/mol. The zero-order valence-corrected chi connectivity index (χ0v) is 10.9. The zero-order valence-electron chi connectivity index (χ0n) is 9.30. The summed E-state index contributed by atoms with van der Waals surface area (Å²) in [5, 5.41) is 6.99. The monoisotopic (exact) mass is 280 g/mol. The highest BCUT2D eigenvalue weighted by atomic mass is 79.9. The van der Waals surface area contributed by atoms with Gasteiger partial charge in [0, 0.05) is 16.7 Å². The van der Waals surface area contributed by atoms with E-state index in [-0.39, 0.29) is 0 Å². The molecule has 0 amide bonds. The van der Waals surface area contributed by atoms with Crippen molar-refractivity contribution in [2.45, 2.75) is 18.8 Å². The van der Waals surface area contributed by atoms with Crippen LogP contribution in [0, 0.1) is 5.92 Å². The summed E-state index contributed by atoms with van der Waals surface area (Å²) < 4.78 is 1.17. The predicted molar refractivity (Wildman–Crippen MR) is 71.0 cm³/mol. The van der Waals surface area contributed by atoms with Crippen molar-refractivity contribution in [3.05, 3.63) is 28.2 Å². The number of benzene rings is 1. The minimum atomic E-state index is 0.749. The van der Waals surface area contributed by atoms with Crippen LogP contribution < -0.4 is 10.6 Å². The van der Waals surface area contributed by atoms with E-state index in [1.807, 2.05) is 0 Å². The topological polar surface area (TPSA) is 24.1 Å². The van der Waals surface area contributed by atoms with Gasteiger partial charge in [-0.25, -0.2) is 0 Å². The second kappa shape index (κ2) is 4.38. The lowest BCUT2D eigenvalue weighted by Gasteiger charge is -2.30. The van der Waals surface area contributed by atoms with Gasteiger partial charge in [-0.15, -0.1) is 0 Å². The molecule has 0 aromatic heterocycles. The van der Waals surface area contributed by atoms with E-state index in [2.05, 4.69) is 44.8 Å². The van der Waals surface area contributed by atoms with E-state index >= 15 is 0 Å². The molecule has 16 heavy (non-hydrogen) atoms. The Hall–Kier alpha value is -0.540. The first kappa shape index (κ1) is 10.6. The van der Waals surface area contributed by atoms with Gasteiger partial charge in [-0.1, -0.05) is 22.0 Å². The molecule has 1 aromatic rings. The van der Waals surface area contributed by atoms with Crippen molar-refractivity contribution < 1.29 is 0 Å². The average Bonchev–Trinajstić information content (AvgIpc) is 2.81. The van der Waals surface area contributed by atoms with Crippen LogP contribution in [0.3, 0.4) is 0 Å². The molecule has 1 saturated heterocycles. The van der Waals surface area contributed by atoms with E-state index in [4.69, 9.17) is 0 Å². The molecule has 3 rings (SSSR count).